The molecular formula is C52H33N5. The first-order valence-corrected chi connectivity index (χ1v) is 18.9. The smallest absolute Gasteiger partial charge is 0.164 e. The van der Waals surface area contributed by atoms with Crippen molar-refractivity contribution in [3.05, 3.63) is 206 Å². The Labute approximate surface area is 330 Å². The second-order valence-electron chi connectivity index (χ2n) is 14.0. The summed E-state index contributed by atoms with van der Waals surface area (Å²) in [5.41, 5.74) is 12.8. The molecule has 0 aliphatic carbocycles. The largest absolute Gasteiger partial charge is 0.309 e. The fourth-order valence-electron chi connectivity index (χ4n) is 7.72. The lowest BCUT2D eigenvalue weighted by Crippen LogP contribution is -2.02. The summed E-state index contributed by atoms with van der Waals surface area (Å²) in [5.74, 6) is 1.71. The van der Waals surface area contributed by atoms with Gasteiger partial charge in [-0.25, -0.2) is 15.0 Å². The van der Waals surface area contributed by atoms with Crippen molar-refractivity contribution in [2.75, 3.05) is 0 Å². The summed E-state index contributed by atoms with van der Waals surface area (Å²) < 4.78 is 2.34. The van der Waals surface area contributed by atoms with Gasteiger partial charge in [0, 0.05) is 33.2 Å². The van der Waals surface area contributed by atoms with Crippen molar-refractivity contribution in [2.45, 2.75) is 0 Å². The predicted octanol–water partition coefficient (Wildman–Crippen LogP) is 12.8. The van der Waals surface area contributed by atoms with Crippen LogP contribution in [0.4, 0.5) is 0 Å². The average Bonchev–Trinajstić information content (AvgIpc) is 3.63. The fourth-order valence-corrected chi connectivity index (χ4v) is 7.72. The van der Waals surface area contributed by atoms with Gasteiger partial charge in [-0.3, -0.25) is 0 Å². The zero-order valence-electron chi connectivity index (χ0n) is 30.8. The van der Waals surface area contributed by atoms with Crippen molar-refractivity contribution in [1.29, 1.82) is 5.26 Å². The predicted molar refractivity (Wildman–Crippen MR) is 231 cm³/mol. The summed E-state index contributed by atoms with van der Waals surface area (Å²) in [5, 5.41) is 12.2. The Hall–Kier alpha value is -7.94. The zero-order valence-corrected chi connectivity index (χ0v) is 30.8. The Morgan fingerprint density at radius 2 is 0.825 bits per heavy atom. The minimum Gasteiger partial charge on any atom is -0.309 e. The van der Waals surface area contributed by atoms with Crippen LogP contribution in [0, 0.1) is 11.3 Å². The molecule has 57 heavy (non-hydrogen) atoms. The lowest BCUT2D eigenvalue weighted by molar-refractivity contribution is 1.07. The minimum atomic E-state index is 0.542. The quantitative estimate of drug-likeness (QED) is 0.164. The Morgan fingerprint density at radius 3 is 1.33 bits per heavy atom. The highest BCUT2D eigenvalue weighted by atomic mass is 15.0. The molecule has 0 aliphatic heterocycles. The molecule has 10 aromatic rings. The molecule has 0 unspecified atom stereocenters. The van der Waals surface area contributed by atoms with E-state index in [0.29, 0.717) is 23.0 Å². The Kier molecular flexibility index (Phi) is 8.48. The second-order valence-corrected chi connectivity index (χ2v) is 14.0. The SMILES string of the molecule is N#Cc1cccc(-c2ccc(-n3c4ccc(-c5ccccc5)cc4c4cc(-c5ccccc5)ccc43)cc2-c2nc(-c3ccccc3)nc(-c3ccccc3)n2)c1. The molecule has 266 valence electrons. The van der Waals surface area contributed by atoms with E-state index in [1.807, 2.05) is 84.9 Å². The third-order valence-electron chi connectivity index (χ3n) is 10.5. The summed E-state index contributed by atoms with van der Waals surface area (Å²) in [7, 11) is 0. The molecule has 0 amide bonds. The fraction of sp³-hybridized carbons (Fsp3) is 0. The number of benzene rings is 8. The number of nitriles is 1. The van der Waals surface area contributed by atoms with Gasteiger partial charge < -0.3 is 4.57 Å². The van der Waals surface area contributed by atoms with Crippen LogP contribution in [0.5, 0.6) is 0 Å². The van der Waals surface area contributed by atoms with E-state index in [4.69, 9.17) is 15.0 Å². The van der Waals surface area contributed by atoms with Crippen molar-refractivity contribution in [3.63, 3.8) is 0 Å². The molecule has 0 N–H and O–H groups in total. The Bertz CT molecular complexity index is 2960. The van der Waals surface area contributed by atoms with Gasteiger partial charge in [0.2, 0.25) is 0 Å². The topological polar surface area (TPSA) is 67.4 Å². The summed E-state index contributed by atoms with van der Waals surface area (Å²) in [6.45, 7) is 0. The maximum atomic E-state index is 9.89. The van der Waals surface area contributed by atoms with Gasteiger partial charge in [0.1, 0.15) is 0 Å². The molecule has 0 aliphatic rings. The van der Waals surface area contributed by atoms with Crippen LogP contribution in [0.25, 0.3) is 95.0 Å². The Balaban J connectivity index is 1.25. The van der Waals surface area contributed by atoms with Crippen LogP contribution in [0.15, 0.2) is 200 Å². The van der Waals surface area contributed by atoms with Crippen molar-refractivity contribution in [3.8, 4) is 79.3 Å². The van der Waals surface area contributed by atoms with E-state index in [9.17, 15) is 5.26 Å². The lowest BCUT2D eigenvalue weighted by atomic mass is 9.96. The third kappa shape index (κ3) is 6.32. The van der Waals surface area contributed by atoms with Gasteiger partial charge in [-0.1, -0.05) is 152 Å². The monoisotopic (exact) mass is 727 g/mol. The lowest BCUT2D eigenvalue weighted by Gasteiger charge is -2.16. The molecule has 5 heteroatoms. The number of rotatable bonds is 7. The van der Waals surface area contributed by atoms with Crippen LogP contribution >= 0.6 is 0 Å². The highest BCUT2D eigenvalue weighted by molar-refractivity contribution is 6.11. The van der Waals surface area contributed by atoms with Crippen LogP contribution in [0.2, 0.25) is 0 Å². The van der Waals surface area contributed by atoms with E-state index in [1.54, 1.807) is 0 Å². The molecule has 0 radical (unpaired) electrons. The molecule has 2 aromatic heterocycles. The van der Waals surface area contributed by atoms with Gasteiger partial charge in [0.15, 0.2) is 17.5 Å². The standard InChI is InChI=1S/C52H33N5/c53-34-35-14-13-23-42(30-35)44-27-26-43(33-47(44)52-55-50(38-19-9-3-10-20-38)54-51(56-52)39-21-11-4-12-22-39)57-48-28-24-40(36-15-5-1-6-16-36)31-45(48)46-32-41(25-29-49(46)57)37-17-7-2-8-18-37/h1-33H. The van der Waals surface area contributed by atoms with E-state index in [1.165, 1.54) is 11.1 Å². The summed E-state index contributed by atoms with van der Waals surface area (Å²) in [4.78, 5) is 15.3. The van der Waals surface area contributed by atoms with Crippen LogP contribution in [0.1, 0.15) is 5.56 Å². The normalized spacial score (nSPS) is 11.1. The summed E-state index contributed by atoms with van der Waals surface area (Å²) >= 11 is 0. The summed E-state index contributed by atoms with van der Waals surface area (Å²) in [6.07, 6.45) is 0. The molecule has 5 nitrogen and oxygen atoms in total. The molecule has 0 saturated heterocycles. The van der Waals surface area contributed by atoms with E-state index in [0.717, 1.165) is 66.4 Å². The molecule has 0 atom stereocenters. The van der Waals surface area contributed by atoms with Crippen molar-refractivity contribution in [1.82, 2.24) is 19.5 Å². The van der Waals surface area contributed by atoms with E-state index in [-0.39, 0.29) is 0 Å². The first kappa shape index (κ1) is 33.6. The van der Waals surface area contributed by atoms with Crippen molar-refractivity contribution < 1.29 is 0 Å². The molecule has 0 spiro atoms. The van der Waals surface area contributed by atoms with Gasteiger partial charge in [-0.05, 0) is 81.9 Å². The van der Waals surface area contributed by atoms with E-state index in [2.05, 4.69) is 126 Å². The number of hydrogen-bond donors (Lipinski definition) is 0. The number of nitrogens with zero attached hydrogens (tertiary/aromatic N) is 5. The number of hydrogen-bond acceptors (Lipinski definition) is 4. The molecule has 0 fully saturated rings. The highest BCUT2D eigenvalue weighted by Crippen LogP contribution is 2.40. The molecule has 0 saturated carbocycles. The Morgan fingerprint density at radius 1 is 0.351 bits per heavy atom. The van der Waals surface area contributed by atoms with Crippen LogP contribution in [-0.4, -0.2) is 19.5 Å². The van der Waals surface area contributed by atoms with Crippen LogP contribution in [-0.2, 0) is 0 Å². The average molecular weight is 728 g/mol. The van der Waals surface area contributed by atoms with Crippen molar-refractivity contribution in [2.24, 2.45) is 0 Å². The maximum absolute atomic E-state index is 9.89. The molecule has 10 rings (SSSR count). The van der Waals surface area contributed by atoms with Crippen LogP contribution in [0.3, 0.4) is 0 Å². The zero-order chi connectivity index (χ0) is 38.1. The van der Waals surface area contributed by atoms with Gasteiger partial charge >= 0.3 is 0 Å². The molecule has 2 heterocycles. The first-order valence-electron chi connectivity index (χ1n) is 18.9. The molecular weight excluding hydrogens is 695 g/mol. The van der Waals surface area contributed by atoms with Crippen LogP contribution < -0.4 is 0 Å². The number of fused-ring (bicyclic) bond motifs is 3. The van der Waals surface area contributed by atoms with Gasteiger partial charge in [0.05, 0.1) is 22.7 Å². The summed E-state index contributed by atoms with van der Waals surface area (Å²) in [6, 6.07) is 71.1. The third-order valence-corrected chi connectivity index (χ3v) is 10.5. The maximum Gasteiger partial charge on any atom is 0.164 e. The van der Waals surface area contributed by atoms with Gasteiger partial charge in [-0.2, -0.15) is 5.26 Å². The molecule has 8 aromatic carbocycles. The van der Waals surface area contributed by atoms with Gasteiger partial charge in [0.25, 0.3) is 0 Å². The first-order chi connectivity index (χ1) is 28.2. The van der Waals surface area contributed by atoms with E-state index >= 15 is 0 Å². The number of aromatic nitrogens is 4. The minimum absolute atomic E-state index is 0.542. The van der Waals surface area contributed by atoms with E-state index < -0.39 is 0 Å². The van der Waals surface area contributed by atoms with Crippen molar-refractivity contribution >= 4 is 21.8 Å². The van der Waals surface area contributed by atoms with Gasteiger partial charge in [-0.15, -0.1) is 0 Å². The molecule has 0 bridgehead atoms. The highest BCUT2D eigenvalue weighted by Gasteiger charge is 2.20. The second kappa shape index (κ2) is 14.4.